The molecule has 0 amide bonds. The van der Waals surface area contributed by atoms with Crippen LogP contribution >= 0.6 is 0 Å². The van der Waals surface area contributed by atoms with Gasteiger partial charge in [-0.15, -0.1) is 11.8 Å². The van der Waals surface area contributed by atoms with Crippen LogP contribution in [-0.4, -0.2) is 12.6 Å². The van der Waals surface area contributed by atoms with Crippen LogP contribution in [0.2, 0.25) is 0 Å². The summed E-state index contributed by atoms with van der Waals surface area (Å²) in [6.45, 7) is 14.6. The average molecular weight is 237 g/mol. The van der Waals surface area contributed by atoms with Gasteiger partial charge >= 0.3 is 0 Å². The van der Waals surface area contributed by atoms with Crippen LogP contribution in [-0.2, 0) is 0 Å². The first-order valence-corrected chi connectivity index (χ1v) is 7.05. The fourth-order valence-corrected chi connectivity index (χ4v) is 1.76. The number of nitrogens with one attached hydrogen (secondary N) is 1. The summed E-state index contributed by atoms with van der Waals surface area (Å²) in [4.78, 5) is 0. The first-order valence-electron chi connectivity index (χ1n) is 7.05. The maximum atomic E-state index is 3.47. The minimum Gasteiger partial charge on any atom is -0.315 e. The van der Waals surface area contributed by atoms with Crippen LogP contribution < -0.4 is 5.32 Å². The molecule has 0 aliphatic heterocycles. The molecule has 0 aliphatic carbocycles. The lowest BCUT2D eigenvalue weighted by Crippen LogP contribution is -2.25. The molecular weight excluding hydrogens is 206 g/mol. The summed E-state index contributed by atoms with van der Waals surface area (Å²) in [6.07, 6.45) is 4.82. The molecule has 0 saturated carbocycles. The van der Waals surface area contributed by atoms with E-state index in [1.807, 2.05) is 0 Å². The third-order valence-electron chi connectivity index (χ3n) is 2.90. The Bertz CT molecular complexity index is 240. The number of hydrogen-bond acceptors (Lipinski definition) is 1. The third kappa shape index (κ3) is 11.8. The fourth-order valence-electron chi connectivity index (χ4n) is 1.76. The van der Waals surface area contributed by atoms with Crippen LogP contribution in [0.5, 0.6) is 0 Å². The van der Waals surface area contributed by atoms with Crippen LogP contribution in [0.4, 0.5) is 0 Å². The summed E-state index contributed by atoms with van der Waals surface area (Å²) in [6, 6.07) is 0.607. The van der Waals surface area contributed by atoms with E-state index in [0.717, 1.165) is 13.0 Å². The predicted octanol–water partition coefficient (Wildman–Crippen LogP) is 4.23. The highest BCUT2D eigenvalue weighted by Gasteiger charge is 2.16. The molecule has 0 radical (unpaired) electrons. The molecule has 0 saturated heterocycles. The summed E-state index contributed by atoms with van der Waals surface area (Å²) in [5, 5.41) is 3.47. The zero-order chi connectivity index (χ0) is 13.3. The Morgan fingerprint density at radius 2 is 1.71 bits per heavy atom. The van der Waals surface area contributed by atoms with Crippen molar-refractivity contribution in [2.75, 3.05) is 6.54 Å². The van der Waals surface area contributed by atoms with Gasteiger partial charge in [-0.3, -0.25) is 0 Å². The van der Waals surface area contributed by atoms with Crippen LogP contribution in [0.3, 0.4) is 0 Å². The maximum absolute atomic E-state index is 3.47. The maximum Gasteiger partial charge on any atom is 0.0146 e. The molecule has 100 valence electrons. The van der Waals surface area contributed by atoms with Gasteiger partial charge in [-0.1, -0.05) is 41.5 Å². The van der Waals surface area contributed by atoms with E-state index in [2.05, 4.69) is 58.7 Å². The predicted molar refractivity (Wildman–Crippen MR) is 78.0 cm³/mol. The molecule has 0 rings (SSSR count). The lowest BCUT2D eigenvalue weighted by Gasteiger charge is -2.23. The first kappa shape index (κ1) is 16.5. The molecule has 0 unspecified atom stereocenters. The van der Waals surface area contributed by atoms with E-state index in [4.69, 9.17) is 0 Å². The molecule has 1 heteroatoms. The molecule has 17 heavy (non-hydrogen) atoms. The smallest absolute Gasteiger partial charge is 0.0146 e. The van der Waals surface area contributed by atoms with Gasteiger partial charge in [0.2, 0.25) is 0 Å². The van der Waals surface area contributed by atoms with E-state index in [9.17, 15) is 0 Å². The Hall–Kier alpha value is -0.480. The quantitative estimate of drug-likeness (QED) is 0.516. The van der Waals surface area contributed by atoms with Gasteiger partial charge in [-0.05, 0) is 31.2 Å². The molecular formula is C16H31N. The van der Waals surface area contributed by atoms with E-state index in [-0.39, 0.29) is 0 Å². The molecule has 0 aliphatic rings. The molecule has 1 N–H and O–H groups in total. The van der Waals surface area contributed by atoms with E-state index in [1.54, 1.807) is 0 Å². The zero-order valence-electron chi connectivity index (χ0n) is 12.7. The second kappa shape index (κ2) is 8.59. The Balaban J connectivity index is 3.70. The summed E-state index contributed by atoms with van der Waals surface area (Å²) >= 11 is 0. The Morgan fingerprint density at radius 1 is 1.06 bits per heavy atom. The van der Waals surface area contributed by atoms with Crippen molar-refractivity contribution in [3.05, 3.63) is 0 Å². The molecule has 0 aromatic rings. The van der Waals surface area contributed by atoms with E-state index >= 15 is 0 Å². The van der Waals surface area contributed by atoms with Crippen LogP contribution in [0.1, 0.15) is 67.2 Å². The Kier molecular flexibility index (Phi) is 8.35. The monoisotopic (exact) mass is 237 g/mol. The van der Waals surface area contributed by atoms with Crippen molar-refractivity contribution in [1.29, 1.82) is 0 Å². The highest BCUT2D eigenvalue weighted by atomic mass is 14.9. The summed E-state index contributed by atoms with van der Waals surface area (Å²) in [5.74, 6) is 7.03. The van der Waals surface area contributed by atoms with Gasteiger partial charge in [-0.25, -0.2) is 0 Å². The van der Waals surface area contributed by atoms with Crippen molar-refractivity contribution in [1.82, 2.24) is 5.32 Å². The Labute approximate surface area is 109 Å². The molecule has 0 aromatic carbocycles. The van der Waals surface area contributed by atoms with Gasteiger partial charge < -0.3 is 5.32 Å². The lowest BCUT2D eigenvalue weighted by atomic mass is 9.83. The minimum absolute atomic E-state index is 0.435. The minimum atomic E-state index is 0.435. The van der Waals surface area contributed by atoms with Crippen molar-refractivity contribution < 1.29 is 0 Å². The first-order chi connectivity index (χ1) is 7.83. The van der Waals surface area contributed by atoms with E-state index in [0.29, 0.717) is 17.4 Å². The van der Waals surface area contributed by atoms with Gasteiger partial charge in [0.25, 0.3) is 0 Å². The second-order valence-electron chi connectivity index (χ2n) is 6.35. The van der Waals surface area contributed by atoms with E-state index < -0.39 is 0 Å². The summed E-state index contributed by atoms with van der Waals surface area (Å²) < 4.78 is 0. The highest BCUT2D eigenvalue weighted by molar-refractivity contribution is 5.01. The standard InChI is InChI=1S/C16H31N/c1-14(2)10-7-8-11-16(5,6)12-9-13-17-15(3)4/h14-15,17H,8-9,11-13H2,1-6H3. The summed E-state index contributed by atoms with van der Waals surface area (Å²) in [5.41, 5.74) is 0.435. The van der Waals surface area contributed by atoms with Crippen molar-refractivity contribution >= 4 is 0 Å². The summed E-state index contributed by atoms with van der Waals surface area (Å²) in [7, 11) is 0. The highest BCUT2D eigenvalue weighted by Crippen LogP contribution is 2.27. The lowest BCUT2D eigenvalue weighted by molar-refractivity contribution is 0.299. The average Bonchev–Trinajstić information content (AvgIpc) is 2.19. The van der Waals surface area contributed by atoms with Crippen molar-refractivity contribution in [3.63, 3.8) is 0 Å². The van der Waals surface area contributed by atoms with Gasteiger partial charge in [0.15, 0.2) is 0 Å². The number of hydrogen-bond donors (Lipinski definition) is 1. The topological polar surface area (TPSA) is 12.0 Å². The number of rotatable bonds is 7. The van der Waals surface area contributed by atoms with Crippen LogP contribution in [0, 0.1) is 23.2 Å². The largest absolute Gasteiger partial charge is 0.315 e. The van der Waals surface area contributed by atoms with Gasteiger partial charge in [-0.2, -0.15) is 0 Å². The van der Waals surface area contributed by atoms with Crippen molar-refractivity contribution in [2.24, 2.45) is 11.3 Å². The molecule has 0 fully saturated rings. The van der Waals surface area contributed by atoms with Crippen LogP contribution in [0.15, 0.2) is 0 Å². The van der Waals surface area contributed by atoms with Crippen molar-refractivity contribution in [3.8, 4) is 11.8 Å². The van der Waals surface area contributed by atoms with Gasteiger partial charge in [0, 0.05) is 18.4 Å². The molecule has 0 bridgehead atoms. The second-order valence-corrected chi connectivity index (χ2v) is 6.35. The normalized spacial score (nSPS) is 11.8. The molecule has 1 nitrogen and oxygen atoms in total. The molecule has 0 aromatic heterocycles. The van der Waals surface area contributed by atoms with Gasteiger partial charge in [0.1, 0.15) is 0 Å². The zero-order valence-corrected chi connectivity index (χ0v) is 12.7. The SMILES string of the molecule is CC(C)C#CCCC(C)(C)CCCNC(C)C. The molecule has 0 atom stereocenters. The third-order valence-corrected chi connectivity index (χ3v) is 2.90. The van der Waals surface area contributed by atoms with Gasteiger partial charge in [0.05, 0.1) is 0 Å². The molecule has 0 heterocycles. The Morgan fingerprint density at radius 3 is 2.24 bits per heavy atom. The van der Waals surface area contributed by atoms with Crippen LogP contribution in [0.25, 0.3) is 0 Å². The van der Waals surface area contributed by atoms with Crippen molar-refractivity contribution in [2.45, 2.75) is 73.3 Å². The fraction of sp³-hybridized carbons (Fsp3) is 0.875. The van der Waals surface area contributed by atoms with E-state index in [1.165, 1.54) is 19.3 Å². The molecule has 0 spiro atoms.